The van der Waals surface area contributed by atoms with Gasteiger partial charge in [0.1, 0.15) is 0 Å². The van der Waals surface area contributed by atoms with E-state index in [2.05, 4.69) is 34.3 Å². The Hall–Kier alpha value is -0.300. The highest BCUT2D eigenvalue weighted by Gasteiger charge is 2.13. The zero-order chi connectivity index (χ0) is 8.31. The lowest BCUT2D eigenvalue weighted by molar-refractivity contribution is 0.509. The molecule has 0 aromatic rings. The Morgan fingerprint density at radius 2 is 1.60 bits per heavy atom. The number of hydrogen-bond donors (Lipinski definition) is 1. The Bertz CT molecular complexity index is 114. The van der Waals surface area contributed by atoms with E-state index < -0.39 is 0 Å². The number of rotatable bonds is 3. The third-order valence-electron chi connectivity index (χ3n) is 1.89. The van der Waals surface area contributed by atoms with Gasteiger partial charge in [-0.15, -0.1) is 0 Å². The Kier molecular flexibility index (Phi) is 3.66. The van der Waals surface area contributed by atoms with Gasteiger partial charge in [0, 0.05) is 6.04 Å². The molecule has 2 N–H and O–H groups in total. The van der Waals surface area contributed by atoms with Crippen molar-refractivity contribution in [3.63, 3.8) is 0 Å². The van der Waals surface area contributed by atoms with Crippen LogP contribution in [0.1, 0.15) is 27.7 Å². The van der Waals surface area contributed by atoms with Gasteiger partial charge in [-0.25, -0.2) is 0 Å². The lowest BCUT2D eigenvalue weighted by Gasteiger charge is -2.21. The van der Waals surface area contributed by atoms with E-state index in [1.807, 2.05) is 0 Å². The van der Waals surface area contributed by atoms with E-state index in [0.29, 0.717) is 11.8 Å². The van der Waals surface area contributed by atoms with Crippen LogP contribution >= 0.6 is 0 Å². The van der Waals surface area contributed by atoms with Gasteiger partial charge in [-0.2, -0.15) is 0 Å². The molecule has 0 rings (SSSR count). The molecule has 0 bridgehead atoms. The summed E-state index contributed by atoms with van der Waals surface area (Å²) >= 11 is 0. The van der Waals surface area contributed by atoms with Crippen molar-refractivity contribution < 1.29 is 0 Å². The molecule has 0 fully saturated rings. The van der Waals surface area contributed by atoms with Crippen LogP contribution in [0.5, 0.6) is 0 Å². The van der Waals surface area contributed by atoms with Crippen molar-refractivity contribution in [2.75, 3.05) is 0 Å². The van der Waals surface area contributed by atoms with Crippen LogP contribution in [0, 0.1) is 11.8 Å². The van der Waals surface area contributed by atoms with Crippen molar-refractivity contribution >= 4 is 0 Å². The van der Waals surface area contributed by atoms with Gasteiger partial charge < -0.3 is 5.73 Å². The normalized spacial score (nSPS) is 14.3. The topological polar surface area (TPSA) is 26.0 Å². The molecular formula is C9H19N. The average Bonchev–Trinajstić information content (AvgIpc) is 1.84. The third kappa shape index (κ3) is 2.53. The van der Waals surface area contributed by atoms with Crippen molar-refractivity contribution in [3.8, 4) is 0 Å². The minimum absolute atomic E-state index is 0.167. The zero-order valence-corrected chi connectivity index (χ0v) is 7.52. The minimum Gasteiger partial charge on any atom is -0.324 e. The first-order valence-electron chi connectivity index (χ1n) is 3.91. The molecule has 1 nitrogen and oxygen atoms in total. The van der Waals surface area contributed by atoms with Gasteiger partial charge in [-0.1, -0.05) is 39.8 Å². The molecule has 0 amide bonds. The van der Waals surface area contributed by atoms with E-state index in [9.17, 15) is 0 Å². The van der Waals surface area contributed by atoms with Crippen LogP contribution in [-0.2, 0) is 0 Å². The molecular weight excluding hydrogens is 122 g/mol. The molecule has 0 spiro atoms. The zero-order valence-electron chi connectivity index (χ0n) is 7.52. The first-order chi connectivity index (χ1) is 4.46. The van der Waals surface area contributed by atoms with Gasteiger partial charge in [0.25, 0.3) is 0 Å². The molecule has 1 unspecified atom stereocenters. The average molecular weight is 141 g/mol. The lowest BCUT2D eigenvalue weighted by atomic mass is 9.91. The molecule has 0 aliphatic carbocycles. The molecule has 0 radical (unpaired) electrons. The molecule has 1 atom stereocenters. The minimum atomic E-state index is 0.167. The fourth-order valence-corrected chi connectivity index (χ4v) is 0.813. The second kappa shape index (κ2) is 3.77. The standard InChI is InChI=1S/C9H19N/c1-6(2)8(5)9(10)7(3)4/h6-7,9H,5,10H2,1-4H3. The van der Waals surface area contributed by atoms with Crippen molar-refractivity contribution in [1.29, 1.82) is 0 Å². The van der Waals surface area contributed by atoms with Crippen molar-refractivity contribution in [2.45, 2.75) is 33.7 Å². The fraction of sp³-hybridized carbons (Fsp3) is 0.778. The predicted octanol–water partition coefficient (Wildman–Crippen LogP) is 2.18. The third-order valence-corrected chi connectivity index (χ3v) is 1.89. The maximum Gasteiger partial charge on any atom is 0.0276 e. The molecule has 0 saturated heterocycles. The Morgan fingerprint density at radius 1 is 1.20 bits per heavy atom. The molecule has 0 saturated carbocycles. The molecule has 0 aliphatic heterocycles. The quantitative estimate of drug-likeness (QED) is 0.599. The van der Waals surface area contributed by atoms with Gasteiger partial charge >= 0.3 is 0 Å². The van der Waals surface area contributed by atoms with Crippen molar-refractivity contribution in [2.24, 2.45) is 17.6 Å². The van der Waals surface area contributed by atoms with Gasteiger partial charge in [0.15, 0.2) is 0 Å². The van der Waals surface area contributed by atoms with Crippen LogP contribution in [0.25, 0.3) is 0 Å². The maximum absolute atomic E-state index is 5.86. The second-order valence-corrected chi connectivity index (χ2v) is 3.50. The smallest absolute Gasteiger partial charge is 0.0276 e. The van der Waals surface area contributed by atoms with Gasteiger partial charge in [-0.3, -0.25) is 0 Å². The van der Waals surface area contributed by atoms with E-state index in [0.717, 1.165) is 5.57 Å². The second-order valence-electron chi connectivity index (χ2n) is 3.50. The van der Waals surface area contributed by atoms with E-state index in [-0.39, 0.29) is 6.04 Å². The SMILES string of the molecule is C=C(C(C)C)C(N)C(C)C. The Morgan fingerprint density at radius 3 is 1.70 bits per heavy atom. The number of nitrogens with two attached hydrogens (primary N) is 1. The highest BCUT2D eigenvalue weighted by molar-refractivity contribution is 5.07. The van der Waals surface area contributed by atoms with E-state index in [1.54, 1.807) is 0 Å². The summed E-state index contributed by atoms with van der Waals surface area (Å²) in [5.41, 5.74) is 7.02. The molecule has 0 aromatic carbocycles. The van der Waals surface area contributed by atoms with Gasteiger partial charge in [0.05, 0.1) is 0 Å². The van der Waals surface area contributed by atoms with E-state index in [1.165, 1.54) is 0 Å². The predicted molar refractivity (Wildman–Crippen MR) is 46.8 cm³/mol. The van der Waals surface area contributed by atoms with Gasteiger partial charge in [-0.05, 0) is 11.8 Å². The highest BCUT2D eigenvalue weighted by atomic mass is 14.6. The lowest BCUT2D eigenvalue weighted by Crippen LogP contribution is -2.30. The summed E-state index contributed by atoms with van der Waals surface area (Å²) in [6, 6.07) is 0.167. The molecule has 1 heteroatoms. The molecule has 10 heavy (non-hydrogen) atoms. The van der Waals surface area contributed by atoms with Crippen LogP contribution in [0.4, 0.5) is 0 Å². The maximum atomic E-state index is 5.86. The van der Waals surface area contributed by atoms with E-state index in [4.69, 9.17) is 5.73 Å². The summed E-state index contributed by atoms with van der Waals surface area (Å²) in [5.74, 6) is 1.02. The summed E-state index contributed by atoms with van der Waals surface area (Å²) in [6.07, 6.45) is 0. The molecule has 0 aliphatic rings. The summed E-state index contributed by atoms with van der Waals surface area (Å²) in [7, 11) is 0. The molecule has 0 heterocycles. The summed E-state index contributed by atoms with van der Waals surface area (Å²) in [6.45, 7) is 12.5. The first-order valence-corrected chi connectivity index (χ1v) is 3.91. The Labute approximate surface area is 64.3 Å². The Balaban J connectivity index is 3.95. The highest BCUT2D eigenvalue weighted by Crippen LogP contribution is 2.15. The van der Waals surface area contributed by atoms with Crippen LogP contribution in [0.2, 0.25) is 0 Å². The summed E-state index contributed by atoms with van der Waals surface area (Å²) in [5, 5.41) is 0. The molecule has 0 aromatic heterocycles. The van der Waals surface area contributed by atoms with Crippen LogP contribution < -0.4 is 5.73 Å². The van der Waals surface area contributed by atoms with Crippen LogP contribution in [0.15, 0.2) is 12.2 Å². The summed E-state index contributed by atoms with van der Waals surface area (Å²) in [4.78, 5) is 0. The van der Waals surface area contributed by atoms with E-state index >= 15 is 0 Å². The molecule has 60 valence electrons. The largest absolute Gasteiger partial charge is 0.324 e. The van der Waals surface area contributed by atoms with Crippen LogP contribution in [0.3, 0.4) is 0 Å². The monoisotopic (exact) mass is 141 g/mol. The van der Waals surface area contributed by atoms with Crippen molar-refractivity contribution in [1.82, 2.24) is 0 Å². The fourth-order valence-electron chi connectivity index (χ4n) is 0.813. The number of hydrogen-bond acceptors (Lipinski definition) is 1. The summed E-state index contributed by atoms with van der Waals surface area (Å²) < 4.78 is 0. The van der Waals surface area contributed by atoms with Gasteiger partial charge in [0.2, 0.25) is 0 Å². The van der Waals surface area contributed by atoms with Crippen LogP contribution in [-0.4, -0.2) is 6.04 Å². The van der Waals surface area contributed by atoms with Crippen molar-refractivity contribution in [3.05, 3.63) is 12.2 Å². The first kappa shape index (κ1) is 9.70.